The van der Waals surface area contributed by atoms with Gasteiger partial charge in [0.2, 0.25) is 11.8 Å². The minimum Gasteiger partial charge on any atom is -0.508 e. The maximum Gasteiger partial charge on any atom is 0.455 e. The third-order valence-electron chi connectivity index (χ3n) is 9.13. The Morgan fingerprint density at radius 2 is 1.97 bits per heavy atom. The number of fused-ring (bicyclic) bond motifs is 3. The number of likely N-dealkylation sites (tertiary alicyclic amines) is 1. The number of halogens is 1. The highest BCUT2D eigenvalue weighted by Crippen LogP contribution is 2.51. The first-order chi connectivity index (χ1) is 18.8. The number of rotatable bonds is 8. The number of hydrogen-bond donors (Lipinski definition) is 2. The summed E-state index contributed by atoms with van der Waals surface area (Å²) in [5.41, 5.74) is 4.09. The first-order valence-corrected chi connectivity index (χ1v) is 14.8. The number of carbonyl (C=O) groups excluding carboxylic acids is 2. The zero-order valence-electron chi connectivity index (χ0n) is 22.9. The number of allylic oxidation sites excluding steroid dienone is 1. The van der Waals surface area contributed by atoms with Crippen molar-refractivity contribution >= 4 is 36.6 Å². The molecule has 2 amide bonds. The van der Waals surface area contributed by atoms with Crippen molar-refractivity contribution in [2.24, 2.45) is 17.8 Å². The molecule has 1 aromatic rings. The fourth-order valence-corrected chi connectivity index (χ4v) is 7.54. The second-order valence-corrected chi connectivity index (χ2v) is 11.9. The van der Waals surface area contributed by atoms with Gasteiger partial charge in [0.1, 0.15) is 5.75 Å². The molecule has 0 aromatic heterocycles. The number of nitrogens with zero attached hydrogens (tertiary/aromatic N) is 1. The number of methoxy groups -OCH3 is 1. The lowest BCUT2D eigenvalue weighted by molar-refractivity contribution is -0.143. The zero-order chi connectivity index (χ0) is 27.7. The Hall–Kier alpha value is -2.13. The van der Waals surface area contributed by atoms with Crippen LogP contribution in [0.25, 0.3) is 6.08 Å². The van der Waals surface area contributed by atoms with Crippen molar-refractivity contribution in [2.45, 2.75) is 83.2 Å². The molecule has 2 heterocycles. The molecule has 9 heteroatoms. The summed E-state index contributed by atoms with van der Waals surface area (Å²) in [5, 5.41) is 21.0. The number of phenolic OH excluding ortho intramolecular Hbond substituents is 1. The van der Waals surface area contributed by atoms with E-state index in [9.17, 15) is 19.7 Å². The van der Waals surface area contributed by atoms with Crippen molar-refractivity contribution in [1.29, 1.82) is 0 Å². The van der Waals surface area contributed by atoms with Crippen LogP contribution in [0.1, 0.15) is 70.3 Å². The molecule has 1 saturated carbocycles. The number of imide groups is 1. The molecule has 4 atom stereocenters. The second kappa shape index (κ2) is 12.2. The van der Waals surface area contributed by atoms with E-state index in [1.165, 1.54) is 11.6 Å². The lowest BCUT2D eigenvalue weighted by atomic mass is 9.58. The van der Waals surface area contributed by atoms with Crippen LogP contribution in [0, 0.1) is 17.8 Å². The summed E-state index contributed by atoms with van der Waals surface area (Å²) in [4.78, 5) is 29.1. The number of phenols is 1. The summed E-state index contributed by atoms with van der Waals surface area (Å²) >= 11 is 6.34. The Labute approximate surface area is 236 Å². The summed E-state index contributed by atoms with van der Waals surface area (Å²) < 4.78 is 11.7. The number of benzene rings is 1. The summed E-state index contributed by atoms with van der Waals surface area (Å²) in [5.74, 6) is -1.02. The van der Waals surface area contributed by atoms with Crippen molar-refractivity contribution in [1.82, 2.24) is 4.90 Å². The van der Waals surface area contributed by atoms with E-state index < -0.39 is 13.0 Å². The van der Waals surface area contributed by atoms with E-state index in [-0.39, 0.29) is 41.5 Å². The lowest BCUT2D eigenvalue weighted by Crippen LogP contribution is -2.47. The molecule has 2 aliphatic heterocycles. The van der Waals surface area contributed by atoms with Crippen LogP contribution in [-0.4, -0.2) is 59.8 Å². The number of carbonyl (C=O) groups is 2. The maximum atomic E-state index is 13.8. The van der Waals surface area contributed by atoms with E-state index in [2.05, 4.69) is 6.92 Å². The number of ether oxygens (including phenoxy) is 1. The van der Waals surface area contributed by atoms with Crippen LogP contribution < -0.4 is 0 Å². The summed E-state index contributed by atoms with van der Waals surface area (Å²) in [6, 6.07) is 4.95. The van der Waals surface area contributed by atoms with Gasteiger partial charge in [-0.25, -0.2) is 0 Å². The summed E-state index contributed by atoms with van der Waals surface area (Å²) in [7, 11) is 0.663. The molecule has 0 unspecified atom stereocenters. The molecule has 5 rings (SSSR count). The number of hydrogen-bond acceptors (Lipinski definition) is 6. The second-order valence-electron chi connectivity index (χ2n) is 11.5. The van der Waals surface area contributed by atoms with Gasteiger partial charge in [-0.2, -0.15) is 0 Å². The predicted octanol–water partition coefficient (Wildman–Crippen LogP) is 5.40. The van der Waals surface area contributed by atoms with Crippen LogP contribution in [0.15, 0.2) is 34.9 Å². The molecule has 210 valence electrons. The van der Waals surface area contributed by atoms with E-state index in [1.807, 2.05) is 6.08 Å². The third kappa shape index (κ3) is 5.71. The van der Waals surface area contributed by atoms with Crippen molar-refractivity contribution in [2.75, 3.05) is 13.7 Å². The van der Waals surface area contributed by atoms with Gasteiger partial charge in [0.15, 0.2) is 0 Å². The van der Waals surface area contributed by atoms with Crippen LogP contribution in [0.3, 0.4) is 0 Å². The molecule has 2 aliphatic carbocycles. The van der Waals surface area contributed by atoms with Crippen molar-refractivity contribution in [3.05, 3.63) is 45.5 Å². The minimum absolute atomic E-state index is 0.00297. The molecular weight excluding hydrogens is 517 g/mol. The summed E-state index contributed by atoms with van der Waals surface area (Å²) in [6.07, 6.45) is 9.71. The van der Waals surface area contributed by atoms with Gasteiger partial charge in [0, 0.05) is 13.2 Å². The number of amides is 2. The topological polar surface area (TPSA) is 96.3 Å². The van der Waals surface area contributed by atoms with Gasteiger partial charge in [0.05, 0.1) is 29.6 Å². The Bertz CT molecular complexity index is 1160. The molecule has 1 aromatic carbocycles. The van der Waals surface area contributed by atoms with E-state index in [0.717, 1.165) is 61.7 Å². The molecule has 39 heavy (non-hydrogen) atoms. The standard InChI is InChI=1S/C30H39BClNO6/c1-3-18(13-19-10-11-22(34)15-25(19)32)9-12-26-27-20(17-38-2)14-23-28(24(27)16-31(37)39-26)30(36)33(29(23)35)21-7-5-4-6-8-21/h10-11,13,15,21,23-24,26,28,34,37H,3-9,12,14,16-17H2,1-2H3/b18-13+/t23-,24+,26-,28-/m1/s1. The molecule has 3 fully saturated rings. The predicted molar refractivity (Wildman–Crippen MR) is 151 cm³/mol. The molecule has 0 radical (unpaired) electrons. The highest BCUT2D eigenvalue weighted by molar-refractivity contribution is 6.43. The van der Waals surface area contributed by atoms with Crippen LogP contribution in [-0.2, 0) is 19.0 Å². The van der Waals surface area contributed by atoms with E-state index in [1.54, 1.807) is 24.1 Å². The minimum atomic E-state index is -0.987. The molecule has 2 N–H and O–H groups in total. The first-order valence-electron chi connectivity index (χ1n) is 14.4. The Balaban J connectivity index is 1.41. The summed E-state index contributed by atoms with van der Waals surface area (Å²) in [6.45, 7) is 2.47. The highest BCUT2D eigenvalue weighted by atomic mass is 35.5. The molecule has 0 spiro atoms. The van der Waals surface area contributed by atoms with Gasteiger partial charge in [-0.1, -0.05) is 49.4 Å². The van der Waals surface area contributed by atoms with Gasteiger partial charge in [-0.15, -0.1) is 0 Å². The average molecular weight is 556 g/mol. The smallest absolute Gasteiger partial charge is 0.455 e. The monoisotopic (exact) mass is 555 g/mol. The Kier molecular flexibility index (Phi) is 8.86. The van der Waals surface area contributed by atoms with Crippen LogP contribution in [0.2, 0.25) is 11.3 Å². The van der Waals surface area contributed by atoms with E-state index >= 15 is 0 Å². The van der Waals surface area contributed by atoms with Crippen molar-refractivity contribution in [3.8, 4) is 5.75 Å². The fraction of sp³-hybridized carbons (Fsp3) is 0.600. The first kappa shape index (κ1) is 28.4. The number of aromatic hydroxyl groups is 1. The average Bonchev–Trinajstić information content (AvgIpc) is 3.17. The normalized spacial score (nSPS) is 28.3. The third-order valence-corrected chi connectivity index (χ3v) is 9.45. The molecule has 4 aliphatic rings. The van der Waals surface area contributed by atoms with Gasteiger partial charge >= 0.3 is 7.12 Å². The van der Waals surface area contributed by atoms with Gasteiger partial charge < -0.3 is 19.5 Å². The Morgan fingerprint density at radius 3 is 2.67 bits per heavy atom. The van der Waals surface area contributed by atoms with Gasteiger partial charge in [-0.3, -0.25) is 14.5 Å². The van der Waals surface area contributed by atoms with Gasteiger partial charge in [-0.05, 0) is 85.7 Å². The van der Waals surface area contributed by atoms with Crippen molar-refractivity contribution in [3.63, 3.8) is 0 Å². The van der Waals surface area contributed by atoms with E-state index in [4.69, 9.17) is 21.0 Å². The maximum absolute atomic E-state index is 13.8. The Morgan fingerprint density at radius 1 is 1.21 bits per heavy atom. The van der Waals surface area contributed by atoms with Gasteiger partial charge in [0.25, 0.3) is 0 Å². The van der Waals surface area contributed by atoms with Crippen LogP contribution in [0.5, 0.6) is 5.75 Å². The largest absolute Gasteiger partial charge is 0.508 e. The lowest BCUT2D eigenvalue weighted by Gasteiger charge is -2.43. The SMILES string of the molecule is CC/C(=C\c1ccc(O)cc1Cl)CC[C@H]1OB(O)C[C@H]2C1=C(COC)C[C@H]1C(=O)N(C3CCCCC3)C(=O)[C@H]12. The highest BCUT2D eigenvalue weighted by Gasteiger charge is 2.58. The van der Waals surface area contributed by atoms with E-state index in [0.29, 0.717) is 30.8 Å². The molecule has 0 bridgehead atoms. The van der Waals surface area contributed by atoms with Crippen LogP contribution >= 0.6 is 11.6 Å². The molecular formula is C30H39BClNO6. The molecule has 7 nitrogen and oxygen atoms in total. The zero-order valence-corrected chi connectivity index (χ0v) is 23.7. The van der Waals surface area contributed by atoms with Crippen molar-refractivity contribution < 1.29 is 29.1 Å². The quantitative estimate of drug-likeness (QED) is 0.253. The molecule has 2 saturated heterocycles. The van der Waals surface area contributed by atoms with Crippen LogP contribution in [0.4, 0.5) is 0 Å². The fourth-order valence-electron chi connectivity index (χ4n) is 7.31.